The number of benzene rings is 1. The largest absolute Gasteiger partial charge is 0.492 e. The van der Waals surface area contributed by atoms with Crippen molar-refractivity contribution in [3.05, 3.63) is 53.7 Å². The smallest absolute Gasteiger partial charge is 0.129 e. The summed E-state index contributed by atoms with van der Waals surface area (Å²) in [7, 11) is 1.66. The van der Waals surface area contributed by atoms with Gasteiger partial charge < -0.3 is 13.9 Å². The van der Waals surface area contributed by atoms with Gasteiger partial charge in [0, 0.05) is 13.7 Å². The summed E-state index contributed by atoms with van der Waals surface area (Å²) in [6, 6.07) is 10.4. The Hall–Kier alpha value is -1.85. The molecule has 0 N–H and O–H groups in total. The number of likely N-dealkylation sites (tertiary alicyclic amines) is 1. The van der Waals surface area contributed by atoms with E-state index in [4.69, 9.17) is 13.9 Å². The molecule has 1 aromatic heterocycles. The van der Waals surface area contributed by atoms with Gasteiger partial charge in [-0.1, -0.05) is 0 Å². The Bertz CT molecular complexity index is 611. The summed E-state index contributed by atoms with van der Waals surface area (Å²) in [6.07, 6.45) is 2.25. The zero-order chi connectivity index (χ0) is 16.1. The average Bonchev–Trinajstić information content (AvgIpc) is 3.19. The average molecular weight is 319 g/mol. The van der Waals surface area contributed by atoms with Crippen molar-refractivity contribution in [2.24, 2.45) is 0 Å². The molecule has 0 amide bonds. The van der Waals surface area contributed by atoms with Gasteiger partial charge in [-0.3, -0.25) is 4.90 Å². The Morgan fingerprint density at radius 3 is 2.83 bits per heavy atom. The monoisotopic (exact) mass is 319 g/mol. The van der Waals surface area contributed by atoms with E-state index in [9.17, 15) is 4.39 Å². The van der Waals surface area contributed by atoms with Crippen molar-refractivity contribution in [2.75, 3.05) is 26.8 Å². The van der Waals surface area contributed by atoms with Crippen molar-refractivity contribution >= 4 is 0 Å². The van der Waals surface area contributed by atoms with Crippen LogP contribution in [0.5, 0.6) is 5.75 Å². The molecule has 1 aromatic carbocycles. The minimum atomic E-state index is -0.248. The first-order valence-electron chi connectivity index (χ1n) is 7.96. The zero-order valence-electron chi connectivity index (χ0n) is 13.3. The van der Waals surface area contributed by atoms with Crippen LogP contribution in [0.25, 0.3) is 0 Å². The highest BCUT2D eigenvalue weighted by Gasteiger charge is 2.28. The fourth-order valence-corrected chi connectivity index (χ4v) is 3.02. The Morgan fingerprint density at radius 1 is 1.22 bits per heavy atom. The molecular formula is C18H22FNO3. The van der Waals surface area contributed by atoms with Gasteiger partial charge in [-0.05, 0) is 55.8 Å². The molecule has 4 nitrogen and oxygen atoms in total. The molecule has 0 radical (unpaired) electrons. The lowest BCUT2D eigenvalue weighted by molar-refractivity contribution is 0.151. The highest BCUT2D eigenvalue weighted by Crippen LogP contribution is 2.32. The number of ether oxygens (including phenoxy) is 2. The molecule has 5 heteroatoms. The molecular weight excluding hydrogens is 297 g/mol. The Balaban J connectivity index is 1.53. The number of hydrogen-bond donors (Lipinski definition) is 0. The number of furan rings is 1. The van der Waals surface area contributed by atoms with Gasteiger partial charge in [-0.15, -0.1) is 0 Å². The molecule has 1 saturated heterocycles. The van der Waals surface area contributed by atoms with E-state index in [1.807, 2.05) is 12.1 Å². The van der Waals surface area contributed by atoms with E-state index in [0.29, 0.717) is 25.0 Å². The molecule has 23 heavy (non-hydrogen) atoms. The van der Waals surface area contributed by atoms with Crippen LogP contribution >= 0.6 is 0 Å². The van der Waals surface area contributed by atoms with Crippen LogP contribution < -0.4 is 4.74 Å². The first-order valence-corrected chi connectivity index (χ1v) is 7.96. The zero-order valence-corrected chi connectivity index (χ0v) is 13.3. The molecule has 1 aliphatic heterocycles. The summed E-state index contributed by atoms with van der Waals surface area (Å²) in [5.74, 6) is 2.30. The van der Waals surface area contributed by atoms with E-state index >= 15 is 0 Å². The van der Waals surface area contributed by atoms with Gasteiger partial charge in [-0.2, -0.15) is 0 Å². The maximum Gasteiger partial charge on any atom is 0.129 e. The van der Waals surface area contributed by atoms with Gasteiger partial charge in [0.2, 0.25) is 0 Å². The van der Waals surface area contributed by atoms with Crippen molar-refractivity contribution < 1.29 is 18.3 Å². The lowest BCUT2D eigenvalue weighted by atomic mass is 10.2. The van der Waals surface area contributed by atoms with Gasteiger partial charge in [0.25, 0.3) is 0 Å². The molecule has 0 saturated carbocycles. The second kappa shape index (κ2) is 7.62. The van der Waals surface area contributed by atoms with Crippen LogP contribution in [0.2, 0.25) is 0 Å². The summed E-state index contributed by atoms with van der Waals surface area (Å²) in [6.45, 7) is 2.94. The van der Waals surface area contributed by atoms with E-state index in [-0.39, 0.29) is 5.82 Å². The van der Waals surface area contributed by atoms with Crippen LogP contribution in [0, 0.1) is 5.82 Å². The third-order valence-corrected chi connectivity index (χ3v) is 4.12. The molecule has 0 aliphatic carbocycles. The second-order valence-corrected chi connectivity index (χ2v) is 5.73. The summed E-state index contributed by atoms with van der Waals surface area (Å²) in [5, 5.41) is 0. The van der Waals surface area contributed by atoms with Crippen molar-refractivity contribution in [1.29, 1.82) is 0 Å². The van der Waals surface area contributed by atoms with Crippen molar-refractivity contribution in [3.63, 3.8) is 0 Å². The summed E-state index contributed by atoms with van der Waals surface area (Å²) in [4.78, 5) is 2.37. The number of rotatable bonds is 7. The van der Waals surface area contributed by atoms with E-state index in [1.54, 1.807) is 19.2 Å². The molecule has 1 unspecified atom stereocenters. The SMILES string of the molecule is COCc1ccc(C2CCCN2CCOc2ccc(F)cc2)o1. The van der Waals surface area contributed by atoms with E-state index in [0.717, 1.165) is 37.5 Å². The van der Waals surface area contributed by atoms with Crippen LogP contribution in [0.3, 0.4) is 0 Å². The number of methoxy groups -OCH3 is 1. The van der Waals surface area contributed by atoms with Crippen LogP contribution in [0.15, 0.2) is 40.8 Å². The molecule has 0 bridgehead atoms. The van der Waals surface area contributed by atoms with Gasteiger partial charge in [0.15, 0.2) is 0 Å². The second-order valence-electron chi connectivity index (χ2n) is 5.73. The standard InChI is InChI=1S/C18H22FNO3/c1-21-13-16-8-9-18(23-16)17-3-2-10-20(17)11-12-22-15-6-4-14(19)5-7-15/h4-9,17H,2-3,10-13H2,1H3. The summed E-state index contributed by atoms with van der Waals surface area (Å²) >= 11 is 0. The van der Waals surface area contributed by atoms with Crippen LogP contribution in [-0.4, -0.2) is 31.7 Å². The predicted molar refractivity (Wildman–Crippen MR) is 84.9 cm³/mol. The first kappa shape index (κ1) is 16.0. The third kappa shape index (κ3) is 4.12. The predicted octanol–water partition coefficient (Wildman–Crippen LogP) is 3.78. The maximum absolute atomic E-state index is 12.9. The van der Waals surface area contributed by atoms with Crippen molar-refractivity contribution in [3.8, 4) is 5.75 Å². The highest BCUT2D eigenvalue weighted by atomic mass is 19.1. The molecule has 1 aliphatic rings. The molecule has 2 heterocycles. The molecule has 0 spiro atoms. The normalized spacial score (nSPS) is 18.4. The van der Waals surface area contributed by atoms with E-state index < -0.39 is 0 Å². The lowest BCUT2D eigenvalue weighted by Gasteiger charge is -2.22. The topological polar surface area (TPSA) is 34.8 Å². The van der Waals surface area contributed by atoms with Gasteiger partial charge >= 0.3 is 0 Å². The molecule has 124 valence electrons. The number of halogens is 1. The van der Waals surface area contributed by atoms with Crippen molar-refractivity contribution in [1.82, 2.24) is 4.90 Å². The molecule has 2 aromatic rings. The van der Waals surface area contributed by atoms with Gasteiger partial charge in [0.05, 0.1) is 6.04 Å². The van der Waals surface area contributed by atoms with Crippen LogP contribution in [0.1, 0.15) is 30.4 Å². The van der Waals surface area contributed by atoms with Crippen molar-refractivity contribution in [2.45, 2.75) is 25.5 Å². The maximum atomic E-state index is 12.9. The minimum Gasteiger partial charge on any atom is -0.492 e. The van der Waals surface area contributed by atoms with Crippen LogP contribution in [0.4, 0.5) is 4.39 Å². The van der Waals surface area contributed by atoms with E-state index in [2.05, 4.69) is 4.90 Å². The third-order valence-electron chi connectivity index (χ3n) is 4.12. The number of hydrogen-bond acceptors (Lipinski definition) is 4. The minimum absolute atomic E-state index is 0.248. The first-order chi connectivity index (χ1) is 11.3. The van der Waals surface area contributed by atoms with Crippen LogP contribution in [-0.2, 0) is 11.3 Å². The Labute approximate surface area is 135 Å². The Morgan fingerprint density at radius 2 is 2.04 bits per heavy atom. The molecule has 3 rings (SSSR count). The fourth-order valence-electron chi connectivity index (χ4n) is 3.02. The Kier molecular flexibility index (Phi) is 5.31. The van der Waals surface area contributed by atoms with Gasteiger partial charge in [0.1, 0.15) is 36.3 Å². The quantitative estimate of drug-likeness (QED) is 0.778. The lowest BCUT2D eigenvalue weighted by Crippen LogP contribution is -2.28. The highest BCUT2D eigenvalue weighted by molar-refractivity contribution is 5.22. The summed E-state index contributed by atoms with van der Waals surface area (Å²) in [5.41, 5.74) is 0. The summed E-state index contributed by atoms with van der Waals surface area (Å²) < 4.78 is 29.5. The van der Waals surface area contributed by atoms with Gasteiger partial charge in [-0.25, -0.2) is 4.39 Å². The molecule has 1 fully saturated rings. The van der Waals surface area contributed by atoms with E-state index in [1.165, 1.54) is 12.1 Å². The number of nitrogens with zero attached hydrogens (tertiary/aromatic N) is 1. The molecule has 1 atom stereocenters. The fraction of sp³-hybridized carbons (Fsp3) is 0.444.